The molecular formula is C22H36N2O4S. The number of piperidine rings is 1. The van der Waals surface area contributed by atoms with Crippen molar-refractivity contribution in [3.8, 4) is 11.5 Å². The fourth-order valence-electron chi connectivity index (χ4n) is 5.18. The summed E-state index contributed by atoms with van der Waals surface area (Å²) in [5.74, 6) is 3.42. The number of nitrogens with zero attached hydrogens (tertiary/aromatic N) is 1. The van der Waals surface area contributed by atoms with E-state index in [1.807, 2.05) is 0 Å². The lowest BCUT2D eigenvalue weighted by Crippen LogP contribution is -2.38. The highest BCUT2D eigenvalue weighted by Crippen LogP contribution is 2.40. The largest absolute Gasteiger partial charge is 0.493 e. The van der Waals surface area contributed by atoms with E-state index in [-0.39, 0.29) is 0 Å². The molecule has 7 heteroatoms. The van der Waals surface area contributed by atoms with E-state index in [0.717, 1.165) is 50.0 Å². The van der Waals surface area contributed by atoms with Gasteiger partial charge in [-0.05, 0) is 92.5 Å². The smallest absolute Gasteiger partial charge is 0.211 e. The Bertz CT molecular complexity index is 788. The van der Waals surface area contributed by atoms with Crippen LogP contribution in [0, 0.1) is 17.8 Å². The van der Waals surface area contributed by atoms with Crippen LogP contribution in [0.25, 0.3) is 0 Å². The standard InChI is InChI=1S/C22H36N2O4S/c1-27-21-14-18-5-4-17(13-20(18)15-22(21)28-2)19(6-9-23)12-16-7-10-24(11-8-16)29(3,25)26/h14-17,19H,4-13,23H2,1-3H3. The van der Waals surface area contributed by atoms with Crippen molar-refractivity contribution in [2.75, 3.05) is 40.1 Å². The van der Waals surface area contributed by atoms with Gasteiger partial charge in [0.1, 0.15) is 0 Å². The number of rotatable bonds is 8. The molecule has 3 rings (SSSR count). The average Bonchev–Trinajstić information content (AvgIpc) is 2.71. The van der Waals surface area contributed by atoms with Gasteiger partial charge in [0.05, 0.1) is 20.5 Å². The van der Waals surface area contributed by atoms with E-state index in [2.05, 4.69) is 12.1 Å². The first-order chi connectivity index (χ1) is 13.9. The first kappa shape index (κ1) is 22.4. The first-order valence-electron chi connectivity index (χ1n) is 10.7. The maximum absolute atomic E-state index is 11.8. The zero-order chi connectivity index (χ0) is 21.0. The fourth-order valence-corrected chi connectivity index (χ4v) is 6.05. The summed E-state index contributed by atoms with van der Waals surface area (Å²) in [5, 5.41) is 0. The molecule has 1 fully saturated rings. The van der Waals surface area contributed by atoms with Gasteiger partial charge < -0.3 is 15.2 Å². The molecule has 0 bridgehead atoms. The van der Waals surface area contributed by atoms with Gasteiger partial charge in [-0.2, -0.15) is 0 Å². The van der Waals surface area contributed by atoms with Crippen molar-refractivity contribution in [2.45, 2.75) is 44.9 Å². The Labute approximate surface area is 175 Å². The lowest BCUT2D eigenvalue weighted by Gasteiger charge is -2.36. The molecule has 1 heterocycles. The van der Waals surface area contributed by atoms with Gasteiger partial charge in [0.2, 0.25) is 10.0 Å². The maximum atomic E-state index is 11.8. The number of nitrogens with two attached hydrogens (primary N) is 1. The molecule has 1 aliphatic carbocycles. The van der Waals surface area contributed by atoms with Crippen LogP contribution in [0.2, 0.25) is 0 Å². The molecule has 1 aromatic rings. The minimum atomic E-state index is -3.06. The van der Waals surface area contributed by atoms with Crippen LogP contribution in [0.4, 0.5) is 0 Å². The van der Waals surface area contributed by atoms with Crippen molar-refractivity contribution in [1.29, 1.82) is 0 Å². The third-order valence-corrected chi connectivity index (χ3v) is 8.16. The predicted molar refractivity (Wildman–Crippen MR) is 116 cm³/mol. The molecule has 0 aromatic heterocycles. The molecule has 2 atom stereocenters. The number of hydrogen-bond donors (Lipinski definition) is 1. The second kappa shape index (κ2) is 9.67. The van der Waals surface area contributed by atoms with Gasteiger partial charge in [-0.25, -0.2) is 12.7 Å². The van der Waals surface area contributed by atoms with Gasteiger partial charge in [0, 0.05) is 13.1 Å². The highest BCUT2D eigenvalue weighted by molar-refractivity contribution is 7.88. The van der Waals surface area contributed by atoms with Gasteiger partial charge >= 0.3 is 0 Å². The molecule has 0 spiro atoms. The maximum Gasteiger partial charge on any atom is 0.211 e. The topological polar surface area (TPSA) is 81.9 Å². The SMILES string of the molecule is COc1cc2c(cc1OC)CC(C(CCN)CC1CCN(S(C)(=O)=O)CC1)CC2. The Kier molecular flexibility index (Phi) is 7.46. The third-order valence-electron chi connectivity index (χ3n) is 6.86. The molecule has 0 saturated carbocycles. The average molecular weight is 425 g/mol. The summed E-state index contributed by atoms with van der Waals surface area (Å²) in [7, 11) is 0.305. The highest BCUT2D eigenvalue weighted by atomic mass is 32.2. The van der Waals surface area contributed by atoms with E-state index in [1.165, 1.54) is 23.8 Å². The van der Waals surface area contributed by atoms with E-state index in [9.17, 15) is 8.42 Å². The van der Waals surface area contributed by atoms with Crippen molar-refractivity contribution < 1.29 is 17.9 Å². The summed E-state index contributed by atoms with van der Waals surface area (Å²) in [6.45, 7) is 2.02. The molecule has 2 N–H and O–H groups in total. The second-order valence-corrected chi connectivity index (χ2v) is 10.6. The second-order valence-electron chi connectivity index (χ2n) is 8.66. The number of methoxy groups -OCH3 is 2. The monoisotopic (exact) mass is 424 g/mol. The number of aryl methyl sites for hydroxylation is 1. The normalized spacial score (nSPS) is 22.1. The Morgan fingerprint density at radius 3 is 2.28 bits per heavy atom. The quantitative estimate of drug-likeness (QED) is 0.694. The zero-order valence-corrected chi connectivity index (χ0v) is 18.8. The molecule has 164 valence electrons. The Morgan fingerprint density at radius 2 is 1.72 bits per heavy atom. The van der Waals surface area contributed by atoms with Crippen LogP contribution < -0.4 is 15.2 Å². The third kappa shape index (κ3) is 5.44. The summed E-state index contributed by atoms with van der Waals surface area (Å²) >= 11 is 0. The van der Waals surface area contributed by atoms with E-state index < -0.39 is 10.0 Å². The summed E-state index contributed by atoms with van der Waals surface area (Å²) in [5.41, 5.74) is 8.71. The molecule has 1 aliphatic heterocycles. The molecule has 1 saturated heterocycles. The Balaban J connectivity index is 1.66. The molecule has 29 heavy (non-hydrogen) atoms. The number of ether oxygens (including phenoxy) is 2. The van der Waals surface area contributed by atoms with E-state index in [4.69, 9.17) is 15.2 Å². The molecule has 2 aliphatic rings. The highest BCUT2D eigenvalue weighted by Gasteiger charge is 2.31. The molecule has 0 radical (unpaired) electrons. The van der Waals surface area contributed by atoms with E-state index in [0.29, 0.717) is 37.4 Å². The van der Waals surface area contributed by atoms with E-state index >= 15 is 0 Å². The molecule has 6 nitrogen and oxygen atoms in total. The van der Waals surface area contributed by atoms with Gasteiger partial charge in [0.15, 0.2) is 11.5 Å². The lowest BCUT2D eigenvalue weighted by molar-refractivity contribution is 0.187. The van der Waals surface area contributed by atoms with Gasteiger partial charge in [0.25, 0.3) is 0 Å². The van der Waals surface area contributed by atoms with Crippen LogP contribution in [0.3, 0.4) is 0 Å². The van der Waals surface area contributed by atoms with Crippen molar-refractivity contribution in [2.24, 2.45) is 23.5 Å². The fraction of sp³-hybridized carbons (Fsp3) is 0.727. The van der Waals surface area contributed by atoms with Crippen LogP contribution in [-0.2, 0) is 22.9 Å². The summed E-state index contributed by atoms with van der Waals surface area (Å²) in [6, 6.07) is 4.27. The van der Waals surface area contributed by atoms with Gasteiger partial charge in [-0.15, -0.1) is 0 Å². The molecule has 0 amide bonds. The number of benzene rings is 1. The Hall–Kier alpha value is -1.31. The molecule has 1 aromatic carbocycles. The first-order valence-corrected chi connectivity index (χ1v) is 12.6. The molecule has 2 unspecified atom stereocenters. The van der Waals surface area contributed by atoms with Crippen LogP contribution in [0.1, 0.15) is 43.2 Å². The van der Waals surface area contributed by atoms with Gasteiger partial charge in [-0.1, -0.05) is 0 Å². The van der Waals surface area contributed by atoms with Gasteiger partial charge in [-0.3, -0.25) is 0 Å². The van der Waals surface area contributed by atoms with Crippen molar-refractivity contribution >= 4 is 10.0 Å². The van der Waals surface area contributed by atoms with Crippen LogP contribution in [-0.4, -0.2) is 52.8 Å². The minimum absolute atomic E-state index is 0.594. The van der Waals surface area contributed by atoms with Crippen molar-refractivity contribution in [3.05, 3.63) is 23.3 Å². The van der Waals surface area contributed by atoms with Crippen LogP contribution >= 0.6 is 0 Å². The lowest BCUT2D eigenvalue weighted by atomic mass is 9.72. The van der Waals surface area contributed by atoms with Crippen LogP contribution in [0.15, 0.2) is 12.1 Å². The minimum Gasteiger partial charge on any atom is -0.493 e. The summed E-state index contributed by atoms with van der Waals surface area (Å²) in [4.78, 5) is 0. The Morgan fingerprint density at radius 1 is 1.10 bits per heavy atom. The zero-order valence-electron chi connectivity index (χ0n) is 18.0. The summed E-state index contributed by atoms with van der Waals surface area (Å²) < 4.78 is 36.1. The molecular weight excluding hydrogens is 388 g/mol. The number of fused-ring (bicyclic) bond motifs is 1. The van der Waals surface area contributed by atoms with Crippen LogP contribution in [0.5, 0.6) is 11.5 Å². The predicted octanol–water partition coefficient (Wildman–Crippen LogP) is 2.84. The summed E-state index contributed by atoms with van der Waals surface area (Å²) in [6.07, 6.45) is 8.73. The number of sulfonamides is 1. The van der Waals surface area contributed by atoms with Crippen molar-refractivity contribution in [3.63, 3.8) is 0 Å². The van der Waals surface area contributed by atoms with E-state index in [1.54, 1.807) is 18.5 Å². The van der Waals surface area contributed by atoms with Crippen molar-refractivity contribution in [1.82, 2.24) is 4.31 Å². The number of hydrogen-bond acceptors (Lipinski definition) is 5.